The molecular formula is C22H24N2O2. The number of ether oxygens (including phenoxy) is 1. The first-order valence-corrected chi connectivity index (χ1v) is 9.27. The van der Waals surface area contributed by atoms with E-state index in [4.69, 9.17) is 4.74 Å². The Kier molecular flexibility index (Phi) is 5.14. The van der Waals surface area contributed by atoms with E-state index in [1.165, 1.54) is 5.56 Å². The van der Waals surface area contributed by atoms with Gasteiger partial charge >= 0.3 is 0 Å². The maximum atomic E-state index is 12.4. The minimum absolute atomic E-state index is 0.0102. The molecule has 0 unspecified atom stereocenters. The minimum Gasteiger partial charge on any atom is -0.376 e. The standard InChI is InChI=1S/C22H24N2O2/c25-22-19(14-18-8-4-5-9-21(18)23-22)15-24-12-13-26-20(16-24)11-10-17-6-2-1-3-7-17/h1-9,14,20H,10-13,15-16H2,(H,23,25)/t20-/m1/s1. The Balaban J connectivity index is 1.40. The number of morpholine rings is 1. The Bertz CT molecular complexity index is 920. The summed E-state index contributed by atoms with van der Waals surface area (Å²) in [7, 11) is 0. The topological polar surface area (TPSA) is 45.3 Å². The highest BCUT2D eigenvalue weighted by Gasteiger charge is 2.21. The smallest absolute Gasteiger partial charge is 0.252 e. The van der Waals surface area contributed by atoms with Crippen LogP contribution in [0, 0.1) is 0 Å². The molecule has 3 aromatic rings. The van der Waals surface area contributed by atoms with E-state index in [1.807, 2.05) is 36.4 Å². The van der Waals surface area contributed by atoms with Gasteiger partial charge in [-0.25, -0.2) is 0 Å². The third-order valence-electron chi connectivity index (χ3n) is 5.05. The zero-order valence-electron chi connectivity index (χ0n) is 14.9. The molecule has 4 rings (SSSR count). The molecule has 0 bridgehead atoms. The first-order valence-electron chi connectivity index (χ1n) is 9.27. The number of aryl methyl sites for hydroxylation is 1. The fourth-order valence-electron chi connectivity index (χ4n) is 3.62. The summed E-state index contributed by atoms with van der Waals surface area (Å²) in [5.74, 6) is 0. The summed E-state index contributed by atoms with van der Waals surface area (Å²) in [6.45, 7) is 3.14. The number of nitrogens with one attached hydrogen (secondary N) is 1. The summed E-state index contributed by atoms with van der Waals surface area (Å²) < 4.78 is 5.94. The SMILES string of the molecule is O=c1[nH]c2ccccc2cc1CN1CCO[C@H](CCc2ccccc2)C1. The molecule has 4 nitrogen and oxygen atoms in total. The van der Waals surface area contributed by atoms with Crippen molar-refractivity contribution in [2.75, 3.05) is 19.7 Å². The number of fused-ring (bicyclic) bond motifs is 1. The number of aromatic amines is 1. The summed E-state index contributed by atoms with van der Waals surface area (Å²) in [6, 6.07) is 20.5. The number of aromatic nitrogens is 1. The lowest BCUT2D eigenvalue weighted by molar-refractivity contribution is -0.0346. The summed E-state index contributed by atoms with van der Waals surface area (Å²) >= 11 is 0. The van der Waals surface area contributed by atoms with Crippen LogP contribution in [0.4, 0.5) is 0 Å². The zero-order chi connectivity index (χ0) is 17.8. The van der Waals surface area contributed by atoms with Gasteiger partial charge in [0.05, 0.1) is 12.7 Å². The van der Waals surface area contributed by atoms with Gasteiger partial charge in [0.25, 0.3) is 5.56 Å². The molecule has 1 N–H and O–H groups in total. The monoisotopic (exact) mass is 348 g/mol. The second kappa shape index (κ2) is 7.85. The van der Waals surface area contributed by atoms with Crippen LogP contribution >= 0.6 is 0 Å². The summed E-state index contributed by atoms with van der Waals surface area (Å²) in [5, 5.41) is 1.08. The number of benzene rings is 2. The molecule has 1 aliphatic rings. The molecule has 134 valence electrons. The lowest BCUT2D eigenvalue weighted by atomic mass is 10.1. The van der Waals surface area contributed by atoms with Crippen molar-refractivity contribution in [3.05, 3.63) is 82.1 Å². The van der Waals surface area contributed by atoms with Crippen LogP contribution in [0.15, 0.2) is 65.5 Å². The molecule has 4 heteroatoms. The van der Waals surface area contributed by atoms with Gasteiger partial charge in [-0.1, -0.05) is 48.5 Å². The van der Waals surface area contributed by atoms with E-state index in [0.29, 0.717) is 6.54 Å². The first-order chi connectivity index (χ1) is 12.8. The Morgan fingerprint density at radius 1 is 1.08 bits per heavy atom. The Morgan fingerprint density at radius 2 is 1.88 bits per heavy atom. The molecule has 0 radical (unpaired) electrons. The highest BCUT2D eigenvalue weighted by molar-refractivity contribution is 5.78. The molecule has 2 aromatic carbocycles. The van der Waals surface area contributed by atoms with E-state index in [2.05, 4.69) is 34.1 Å². The van der Waals surface area contributed by atoms with Crippen molar-refractivity contribution in [3.63, 3.8) is 0 Å². The van der Waals surface area contributed by atoms with Crippen LogP contribution in [0.2, 0.25) is 0 Å². The van der Waals surface area contributed by atoms with Gasteiger partial charge < -0.3 is 9.72 Å². The van der Waals surface area contributed by atoms with E-state index in [9.17, 15) is 4.79 Å². The predicted octanol–water partition coefficient (Wildman–Crippen LogP) is 3.36. The number of hydrogen-bond donors (Lipinski definition) is 1. The molecule has 1 saturated heterocycles. The molecule has 0 amide bonds. The molecule has 0 spiro atoms. The van der Waals surface area contributed by atoms with Gasteiger partial charge in [-0.3, -0.25) is 9.69 Å². The third kappa shape index (κ3) is 4.03. The van der Waals surface area contributed by atoms with E-state index >= 15 is 0 Å². The van der Waals surface area contributed by atoms with Crippen molar-refractivity contribution in [2.24, 2.45) is 0 Å². The van der Waals surface area contributed by atoms with Crippen LogP contribution in [0.25, 0.3) is 10.9 Å². The number of rotatable bonds is 5. The van der Waals surface area contributed by atoms with Gasteiger partial charge in [-0.2, -0.15) is 0 Å². The second-order valence-corrected chi connectivity index (χ2v) is 6.96. The number of para-hydroxylation sites is 1. The maximum absolute atomic E-state index is 12.4. The largest absolute Gasteiger partial charge is 0.376 e. The molecule has 0 saturated carbocycles. The highest BCUT2D eigenvalue weighted by atomic mass is 16.5. The summed E-state index contributed by atoms with van der Waals surface area (Å²) in [4.78, 5) is 17.7. The van der Waals surface area contributed by atoms with E-state index < -0.39 is 0 Å². The fraction of sp³-hybridized carbons (Fsp3) is 0.318. The van der Waals surface area contributed by atoms with Gasteiger partial charge in [-0.05, 0) is 35.9 Å². The zero-order valence-corrected chi connectivity index (χ0v) is 14.9. The van der Waals surface area contributed by atoms with Crippen molar-refractivity contribution in [1.82, 2.24) is 9.88 Å². The Labute approximate surface area is 153 Å². The van der Waals surface area contributed by atoms with Crippen molar-refractivity contribution < 1.29 is 4.74 Å². The van der Waals surface area contributed by atoms with Crippen LogP contribution < -0.4 is 5.56 Å². The van der Waals surface area contributed by atoms with E-state index in [0.717, 1.165) is 49.0 Å². The van der Waals surface area contributed by atoms with Gasteiger partial charge in [0.2, 0.25) is 0 Å². The summed E-state index contributed by atoms with van der Waals surface area (Å²) in [5.41, 5.74) is 3.08. The average molecular weight is 348 g/mol. The Morgan fingerprint density at radius 3 is 2.77 bits per heavy atom. The van der Waals surface area contributed by atoms with E-state index in [-0.39, 0.29) is 11.7 Å². The highest BCUT2D eigenvalue weighted by Crippen LogP contribution is 2.16. The molecule has 1 aromatic heterocycles. The summed E-state index contributed by atoms with van der Waals surface area (Å²) in [6.07, 6.45) is 2.26. The van der Waals surface area contributed by atoms with Crippen molar-refractivity contribution in [1.29, 1.82) is 0 Å². The van der Waals surface area contributed by atoms with Gasteiger partial charge in [0.15, 0.2) is 0 Å². The molecule has 1 aliphatic heterocycles. The van der Waals surface area contributed by atoms with Crippen molar-refractivity contribution >= 4 is 10.9 Å². The number of H-pyrrole nitrogens is 1. The fourth-order valence-corrected chi connectivity index (χ4v) is 3.62. The van der Waals surface area contributed by atoms with E-state index in [1.54, 1.807) is 0 Å². The lowest BCUT2D eigenvalue weighted by Gasteiger charge is -2.33. The van der Waals surface area contributed by atoms with Gasteiger partial charge in [0, 0.05) is 30.7 Å². The van der Waals surface area contributed by atoms with Gasteiger partial charge in [0.1, 0.15) is 0 Å². The second-order valence-electron chi connectivity index (χ2n) is 6.96. The normalized spacial score (nSPS) is 18.2. The maximum Gasteiger partial charge on any atom is 0.252 e. The number of hydrogen-bond acceptors (Lipinski definition) is 3. The average Bonchev–Trinajstić information content (AvgIpc) is 2.68. The number of nitrogens with zero attached hydrogens (tertiary/aromatic N) is 1. The third-order valence-corrected chi connectivity index (χ3v) is 5.05. The molecule has 1 fully saturated rings. The predicted molar refractivity (Wildman–Crippen MR) is 104 cm³/mol. The van der Waals surface area contributed by atoms with Crippen molar-refractivity contribution in [2.45, 2.75) is 25.5 Å². The lowest BCUT2D eigenvalue weighted by Crippen LogP contribution is -2.42. The first kappa shape index (κ1) is 17.0. The van der Waals surface area contributed by atoms with Crippen LogP contribution in [0.1, 0.15) is 17.5 Å². The quantitative estimate of drug-likeness (QED) is 0.769. The number of pyridine rings is 1. The molecule has 1 atom stereocenters. The van der Waals surface area contributed by atoms with Crippen LogP contribution in [0.3, 0.4) is 0 Å². The molecule has 26 heavy (non-hydrogen) atoms. The Hall–Kier alpha value is -2.43. The van der Waals surface area contributed by atoms with Crippen LogP contribution in [-0.2, 0) is 17.7 Å². The molecular weight excluding hydrogens is 324 g/mol. The van der Waals surface area contributed by atoms with Gasteiger partial charge in [-0.15, -0.1) is 0 Å². The van der Waals surface area contributed by atoms with Crippen LogP contribution in [0.5, 0.6) is 0 Å². The van der Waals surface area contributed by atoms with Crippen LogP contribution in [-0.4, -0.2) is 35.7 Å². The molecule has 2 heterocycles. The van der Waals surface area contributed by atoms with Crippen molar-refractivity contribution in [3.8, 4) is 0 Å². The minimum atomic E-state index is 0.0102. The molecule has 0 aliphatic carbocycles.